The smallest absolute Gasteiger partial charge is 0.186 e. The van der Waals surface area contributed by atoms with E-state index in [9.17, 15) is 0 Å². The number of hydrogen-bond donors (Lipinski definition) is 0. The standard InChI is InChI=1S/C25H30O5/c1-2-3-10-15-26-25-24(28-17-20-13-8-5-9-14-20)23-22(21(30-25)18-29-23)27-16-19-11-6-4-7-12-19/h2,4-9,11-14,21-25H,1,3,10,15-18H2/t21-,22-,23+,24-,25-/m1/s1. The number of hydrogen-bond acceptors (Lipinski definition) is 5. The number of allylic oxidation sites excluding steroid dienone is 1. The average Bonchev–Trinajstić information content (AvgIpc) is 3.09. The first-order valence-electron chi connectivity index (χ1n) is 10.7. The molecule has 2 aromatic carbocycles. The molecule has 2 heterocycles. The van der Waals surface area contributed by atoms with E-state index in [4.69, 9.17) is 23.7 Å². The van der Waals surface area contributed by atoms with Gasteiger partial charge >= 0.3 is 0 Å². The van der Waals surface area contributed by atoms with E-state index in [2.05, 4.69) is 18.7 Å². The fourth-order valence-corrected chi connectivity index (χ4v) is 3.88. The molecule has 2 aliphatic heterocycles. The summed E-state index contributed by atoms with van der Waals surface area (Å²) in [7, 11) is 0. The molecule has 2 aliphatic rings. The van der Waals surface area contributed by atoms with Crippen LogP contribution in [0.2, 0.25) is 0 Å². The van der Waals surface area contributed by atoms with Crippen molar-refractivity contribution >= 4 is 0 Å². The van der Waals surface area contributed by atoms with Crippen molar-refractivity contribution < 1.29 is 23.7 Å². The van der Waals surface area contributed by atoms with Gasteiger partial charge in [-0.05, 0) is 24.0 Å². The minimum Gasteiger partial charge on any atom is -0.370 e. The van der Waals surface area contributed by atoms with Crippen LogP contribution in [0.3, 0.4) is 0 Å². The van der Waals surface area contributed by atoms with Gasteiger partial charge in [-0.1, -0.05) is 66.7 Å². The molecule has 0 radical (unpaired) electrons. The van der Waals surface area contributed by atoms with Crippen molar-refractivity contribution in [3.63, 3.8) is 0 Å². The van der Waals surface area contributed by atoms with E-state index in [1.54, 1.807) is 0 Å². The largest absolute Gasteiger partial charge is 0.370 e. The molecular weight excluding hydrogens is 380 g/mol. The molecule has 0 spiro atoms. The number of rotatable bonds is 11. The molecule has 0 saturated carbocycles. The third kappa shape index (κ3) is 5.36. The van der Waals surface area contributed by atoms with Gasteiger partial charge in [-0.25, -0.2) is 0 Å². The van der Waals surface area contributed by atoms with Crippen molar-refractivity contribution in [3.05, 3.63) is 84.4 Å². The fraction of sp³-hybridized carbons (Fsp3) is 0.440. The molecule has 0 unspecified atom stereocenters. The van der Waals surface area contributed by atoms with E-state index in [0.717, 1.165) is 24.0 Å². The lowest BCUT2D eigenvalue weighted by Gasteiger charge is -2.39. The molecule has 5 atom stereocenters. The summed E-state index contributed by atoms with van der Waals surface area (Å²) in [6.45, 7) is 5.83. The number of ether oxygens (including phenoxy) is 5. The molecule has 2 aromatic rings. The van der Waals surface area contributed by atoms with E-state index in [1.165, 1.54) is 0 Å². The monoisotopic (exact) mass is 410 g/mol. The molecule has 4 rings (SSSR count). The zero-order valence-electron chi connectivity index (χ0n) is 17.2. The van der Waals surface area contributed by atoms with Crippen molar-refractivity contribution in [1.29, 1.82) is 0 Å². The Bertz CT molecular complexity index is 766. The quantitative estimate of drug-likeness (QED) is 0.409. The lowest BCUT2D eigenvalue weighted by Crippen LogP contribution is -2.56. The van der Waals surface area contributed by atoms with Crippen LogP contribution in [0, 0.1) is 0 Å². The van der Waals surface area contributed by atoms with Crippen molar-refractivity contribution in [2.75, 3.05) is 13.2 Å². The summed E-state index contributed by atoms with van der Waals surface area (Å²) in [6.07, 6.45) is 2.34. The minimum atomic E-state index is -0.465. The van der Waals surface area contributed by atoms with Crippen LogP contribution in [0.4, 0.5) is 0 Å². The van der Waals surface area contributed by atoms with Gasteiger partial charge < -0.3 is 23.7 Å². The molecule has 0 aromatic heterocycles. The summed E-state index contributed by atoms with van der Waals surface area (Å²) in [5.41, 5.74) is 2.23. The Hall–Kier alpha value is -2.02. The molecule has 5 nitrogen and oxygen atoms in total. The topological polar surface area (TPSA) is 46.2 Å². The van der Waals surface area contributed by atoms with Gasteiger partial charge in [0, 0.05) is 0 Å². The average molecular weight is 411 g/mol. The first-order chi connectivity index (χ1) is 14.8. The number of unbranched alkanes of at least 4 members (excludes halogenated alkanes) is 1. The highest BCUT2D eigenvalue weighted by atomic mass is 16.7. The molecule has 0 amide bonds. The van der Waals surface area contributed by atoms with Crippen LogP contribution in [0.25, 0.3) is 0 Å². The van der Waals surface area contributed by atoms with Crippen molar-refractivity contribution in [3.8, 4) is 0 Å². The van der Waals surface area contributed by atoms with Crippen molar-refractivity contribution in [2.45, 2.75) is 56.8 Å². The van der Waals surface area contributed by atoms with Gasteiger partial charge in [-0.2, -0.15) is 0 Å². The van der Waals surface area contributed by atoms with E-state index in [1.807, 2.05) is 54.6 Å². The summed E-state index contributed by atoms with van der Waals surface area (Å²) in [6, 6.07) is 20.2. The summed E-state index contributed by atoms with van der Waals surface area (Å²) in [5, 5.41) is 0. The second-order valence-corrected chi connectivity index (χ2v) is 7.67. The Balaban J connectivity index is 1.41. The van der Waals surface area contributed by atoms with E-state index in [0.29, 0.717) is 26.4 Å². The molecule has 2 bridgehead atoms. The second-order valence-electron chi connectivity index (χ2n) is 7.67. The summed E-state index contributed by atoms with van der Waals surface area (Å²) >= 11 is 0. The zero-order chi connectivity index (χ0) is 20.6. The van der Waals surface area contributed by atoms with Crippen LogP contribution >= 0.6 is 0 Å². The number of fused-ring (bicyclic) bond motifs is 2. The van der Waals surface area contributed by atoms with Gasteiger partial charge in [0.05, 0.1) is 26.4 Å². The third-order valence-corrected chi connectivity index (χ3v) is 5.45. The second kappa shape index (κ2) is 10.8. The third-order valence-electron chi connectivity index (χ3n) is 5.45. The number of benzene rings is 2. The molecular formula is C25H30O5. The van der Waals surface area contributed by atoms with Crippen LogP contribution in [0.1, 0.15) is 24.0 Å². The Morgan fingerprint density at radius 1 is 0.867 bits per heavy atom. The van der Waals surface area contributed by atoms with Crippen LogP contribution in [0.5, 0.6) is 0 Å². The first kappa shape index (κ1) is 21.2. The van der Waals surface area contributed by atoms with Gasteiger partial charge in [0.2, 0.25) is 0 Å². The Labute approximate surface area is 178 Å². The highest BCUT2D eigenvalue weighted by Gasteiger charge is 2.53. The van der Waals surface area contributed by atoms with Crippen LogP contribution < -0.4 is 0 Å². The SMILES string of the molecule is C=CCCCO[C@@H]1O[C@@H]2CO[C@H]([C@H]1OCc1ccccc1)[C@@H]2OCc1ccccc1. The first-order valence-corrected chi connectivity index (χ1v) is 10.7. The zero-order valence-corrected chi connectivity index (χ0v) is 17.2. The van der Waals surface area contributed by atoms with Gasteiger partial charge in [0.25, 0.3) is 0 Å². The lowest BCUT2D eigenvalue weighted by atomic mass is 10.0. The minimum absolute atomic E-state index is 0.153. The van der Waals surface area contributed by atoms with Crippen LogP contribution in [-0.4, -0.2) is 43.9 Å². The molecule has 0 aliphatic carbocycles. The summed E-state index contributed by atoms with van der Waals surface area (Å²) < 4.78 is 30.9. The Kier molecular flexibility index (Phi) is 7.67. The maximum absolute atomic E-state index is 6.28. The normalized spacial score (nSPS) is 27.8. The summed E-state index contributed by atoms with van der Waals surface area (Å²) in [5.74, 6) is 0. The summed E-state index contributed by atoms with van der Waals surface area (Å²) in [4.78, 5) is 0. The molecule has 2 fully saturated rings. The highest BCUT2D eigenvalue weighted by Crippen LogP contribution is 2.35. The maximum Gasteiger partial charge on any atom is 0.186 e. The molecule has 0 N–H and O–H groups in total. The van der Waals surface area contributed by atoms with Gasteiger partial charge in [0.15, 0.2) is 6.29 Å². The van der Waals surface area contributed by atoms with Gasteiger partial charge in [0.1, 0.15) is 24.4 Å². The predicted molar refractivity (Wildman–Crippen MR) is 114 cm³/mol. The fourth-order valence-electron chi connectivity index (χ4n) is 3.88. The van der Waals surface area contributed by atoms with Crippen LogP contribution in [-0.2, 0) is 36.9 Å². The molecule has 160 valence electrons. The van der Waals surface area contributed by atoms with Crippen molar-refractivity contribution in [1.82, 2.24) is 0 Å². The lowest BCUT2D eigenvalue weighted by molar-refractivity contribution is -0.282. The maximum atomic E-state index is 6.28. The van der Waals surface area contributed by atoms with Gasteiger partial charge in [-0.3, -0.25) is 0 Å². The molecule has 2 saturated heterocycles. The molecule has 5 heteroatoms. The van der Waals surface area contributed by atoms with Crippen LogP contribution in [0.15, 0.2) is 73.3 Å². The van der Waals surface area contributed by atoms with E-state index < -0.39 is 6.29 Å². The van der Waals surface area contributed by atoms with E-state index >= 15 is 0 Å². The Morgan fingerprint density at radius 2 is 1.50 bits per heavy atom. The van der Waals surface area contributed by atoms with Crippen molar-refractivity contribution in [2.24, 2.45) is 0 Å². The molecule has 30 heavy (non-hydrogen) atoms. The highest BCUT2D eigenvalue weighted by molar-refractivity contribution is 5.14. The van der Waals surface area contributed by atoms with E-state index in [-0.39, 0.29) is 24.4 Å². The Morgan fingerprint density at radius 3 is 2.13 bits per heavy atom. The van der Waals surface area contributed by atoms with Gasteiger partial charge in [-0.15, -0.1) is 6.58 Å². The predicted octanol–water partition coefficient (Wildman–Crippen LogP) is 4.26.